The molecule has 0 bridgehead atoms. The lowest BCUT2D eigenvalue weighted by Crippen LogP contribution is -2.41. The minimum absolute atomic E-state index is 0.125. The van der Waals surface area contributed by atoms with Gasteiger partial charge in [-0.1, -0.05) is 0 Å². The summed E-state index contributed by atoms with van der Waals surface area (Å²) >= 11 is 0. The number of pyridine rings is 1. The molecule has 0 amide bonds. The second-order valence-corrected chi connectivity index (χ2v) is 4.77. The monoisotopic (exact) mass is 252 g/mol. The molecule has 3 heterocycles. The van der Waals surface area contributed by atoms with Crippen molar-refractivity contribution in [2.24, 2.45) is 5.92 Å². The van der Waals surface area contributed by atoms with Crippen molar-refractivity contribution in [1.82, 2.24) is 4.98 Å². The van der Waals surface area contributed by atoms with Gasteiger partial charge in [-0.15, -0.1) is 0 Å². The van der Waals surface area contributed by atoms with E-state index < -0.39 is 0 Å². The molecule has 1 aromatic heterocycles. The van der Waals surface area contributed by atoms with Gasteiger partial charge in [-0.3, -0.25) is 0 Å². The first-order valence-electron chi connectivity index (χ1n) is 6.43. The minimum atomic E-state index is -0.258. The van der Waals surface area contributed by atoms with Gasteiger partial charge in [-0.05, 0) is 25.0 Å². The van der Waals surface area contributed by atoms with Crippen LogP contribution >= 0.6 is 0 Å². The van der Waals surface area contributed by atoms with E-state index in [9.17, 15) is 4.39 Å². The summed E-state index contributed by atoms with van der Waals surface area (Å²) in [5.74, 6) is 0.495. The Morgan fingerprint density at radius 1 is 1.33 bits per heavy atom. The number of rotatable bonds is 2. The second-order valence-electron chi connectivity index (χ2n) is 4.77. The number of anilines is 1. The Morgan fingerprint density at radius 2 is 2.17 bits per heavy atom. The average molecular weight is 252 g/mol. The number of nitrogens with zero attached hydrogens (tertiary/aromatic N) is 2. The fourth-order valence-corrected chi connectivity index (χ4v) is 2.68. The van der Waals surface area contributed by atoms with E-state index in [1.165, 1.54) is 6.07 Å². The van der Waals surface area contributed by atoms with Crippen LogP contribution in [0.1, 0.15) is 12.8 Å². The molecule has 2 aliphatic heterocycles. The van der Waals surface area contributed by atoms with Crippen LogP contribution in [0, 0.1) is 11.7 Å². The van der Waals surface area contributed by atoms with E-state index in [1.54, 1.807) is 12.3 Å². The molecule has 1 aromatic rings. The lowest BCUT2D eigenvalue weighted by molar-refractivity contribution is -0.0859. The van der Waals surface area contributed by atoms with Crippen molar-refractivity contribution in [1.29, 1.82) is 0 Å². The summed E-state index contributed by atoms with van der Waals surface area (Å²) in [5.41, 5.74) is 0. The van der Waals surface area contributed by atoms with Crippen LogP contribution in [0.5, 0.6) is 0 Å². The summed E-state index contributed by atoms with van der Waals surface area (Å²) in [7, 11) is 0. The van der Waals surface area contributed by atoms with Gasteiger partial charge >= 0.3 is 0 Å². The zero-order valence-corrected chi connectivity index (χ0v) is 10.2. The topological polar surface area (TPSA) is 34.6 Å². The van der Waals surface area contributed by atoms with E-state index in [2.05, 4.69) is 4.98 Å². The Labute approximate surface area is 106 Å². The summed E-state index contributed by atoms with van der Waals surface area (Å²) in [4.78, 5) is 6.13. The standard InChI is InChI=1S/C13H17FN2O2/c14-11-4-1-5-15-12(11)16-6-2-3-10(9-16)13-17-7-8-18-13/h1,4-5,10,13H,2-3,6-9H2/t10-/m1/s1. The molecule has 0 unspecified atom stereocenters. The molecule has 2 aliphatic rings. The van der Waals surface area contributed by atoms with Gasteiger partial charge in [0.05, 0.1) is 13.2 Å². The molecule has 2 fully saturated rings. The molecule has 3 rings (SSSR count). The van der Waals surface area contributed by atoms with Crippen molar-refractivity contribution in [3.63, 3.8) is 0 Å². The highest BCUT2D eigenvalue weighted by Gasteiger charge is 2.32. The number of ether oxygens (including phenoxy) is 2. The summed E-state index contributed by atoms with van der Waals surface area (Å²) in [6.45, 7) is 2.92. The van der Waals surface area contributed by atoms with Crippen LogP contribution in [0.4, 0.5) is 10.2 Å². The van der Waals surface area contributed by atoms with Crippen LogP contribution in [0.2, 0.25) is 0 Å². The van der Waals surface area contributed by atoms with Crippen LogP contribution in [0.15, 0.2) is 18.3 Å². The molecule has 0 aromatic carbocycles. The fourth-order valence-electron chi connectivity index (χ4n) is 2.68. The lowest BCUT2D eigenvalue weighted by atomic mass is 9.97. The summed E-state index contributed by atoms with van der Waals surface area (Å²) in [6.07, 6.45) is 3.59. The van der Waals surface area contributed by atoms with Gasteiger partial charge in [0.15, 0.2) is 17.9 Å². The Bertz CT molecular complexity index is 410. The number of piperidine rings is 1. The molecule has 18 heavy (non-hydrogen) atoms. The van der Waals surface area contributed by atoms with E-state index >= 15 is 0 Å². The highest BCUT2D eigenvalue weighted by atomic mass is 19.1. The highest BCUT2D eigenvalue weighted by Crippen LogP contribution is 2.28. The van der Waals surface area contributed by atoms with E-state index in [4.69, 9.17) is 9.47 Å². The quantitative estimate of drug-likeness (QED) is 0.804. The predicted octanol–water partition coefficient (Wildman–Crippen LogP) is 1.81. The summed E-state index contributed by atoms with van der Waals surface area (Å²) < 4.78 is 24.8. The first-order chi connectivity index (χ1) is 8.84. The molecular weight excluding hydrogens is 235 g/mol. The van der Waals surface area contributed by atoms with Gasteiger partial charge in [0.1, 0.15) is 0 Å². The van der Waals surface area contributed by atoms with E-state index in [0.717, 1.165) is 25.9 Å². The van der Waals surface area contributed by atoms with E-state index in [0.29, 0.717) is 24.9 Å². The van der Waals surface area contributed by atoms with Crippen molar-refractivity contribution in [2.45, 2.75) is 19.1 Å². The zero-order valence-electron chi connectivity index (χ0n) is 10.2. The molecule has 2 saturated heterocycles. The van der Waals surface area contributed by atoms with Gasteiger partial charge < -0.3 is 14.4 Å². The molecule has 5 heteroatoms. The number of halogens is 1. The molecule has 98 valence electrons. The van der Waals surface area contributed by atoms with Gasteiger partial charge in [-0.2, -0.15) is 0 Å². The second kappa shape index (κ2) is 5.20. The molecule has 0 aliphatic carbocycles. The minimum Gasteiger partial charge on any atom is -0.354 e. The molecule has 1 atom stereocenters. The van der Waals surface area contributed by atoms with Crippen LogP contribution < -0.4 is 4.90 Å². The summed E-state index contributed by atoms with van der Waals surface area (Å²) in [6, 6.07) is 3.07. The number of hydrogen-bond acceptors (Lipinski definition) is 4. The summed E-state index contributed by atoms with van der Waals surface area (Å²) in [5, 5.41) is 0. The van der Waals surface area contributed by atoms with E-state index in [1.807, 2.05) is 4.90 Å². The van der Waals surface area contributed by atoms with Crippen LogP contribution in [0.3, 0.4) is 0 Å². The Morgan fingerprint density at radius 3 is 2.94 bits per heavy atom. The Balaban J connectivity index is 1.72. The maximum atomic E-state index is 13.7. The smallest absolute Gasteiger partial charge is 0.165 e. The SMILES string of the molecule is Fc1cccnc1N1CCC[C@@H](C2OCCO2)C1. The first-order valence-corrected chi connectivity index (χ1v) is 6.43. The molecule has 0 radical (unpaired) electrons. The average Bonchev–Trinajstić information content (AvgIpc) is 2.93. The Hall–Kier alpha value is -1.20. The van der Waals surface area contributed by atoms with Gasteiger partial charge in [-0.25, -0.2) is 9.37 Å². The molecular formula is C13H17FN2O2. The van der Waals surface area contributed by atoms with Crippen molar-refractivity contribution in [3.05, 3.63) is 24.1 Å². The maximum Gasteiger partial charge on any atom is 0.165 e. The fraction of sp³-hybridized carbons (Fsp3) is 0.615. The molecule has 4 nitrogen and oxygen atoms in total. The zero-order chi connectivity index (χ0) is 12.4. The molecule has 0 saturated carbocycles. The van der Waals surface area contributed by atoms with Crippen LogP contribution in [0.25, 0.3) is 0 Å². The van der Waals surface area contributed by atoms with Crippen molar-refractivity contribution in [2.75, 3.05) is 31.2 Å². The molecule has 0 spiro atoms. The first kappa shape index (κ1) is 11.9. The predicted molar refractivity (Wildman–Crippen MR) is 64.8 cm³/mol. The third-order valence-corrected chi connectivity index (χ3v) is 3.53. The van der Waals surface area contributed by atoms with Crippen molar-refractivity contribution in [3.8, 4) is 0 Å². The van der Waals surface area contributed by atoms with Gasteiger partial charge in [0, 0.05) is 25.2 Å². The maximum absolute atomic E-state index is 13.7. The number of hydrogen-bond donors (Lipinski definition) is 0. The largest absolute Gasteiger partial charge is 0.354 e. The molecule has 0 N–H and O–H groups in total. The van der Waals surface area contributed by atoms with Crippen molar-refractivity contribution < 1.29 is 13.9 Å². The van der Waals surface area contributed by atoms with Gasteiger partial charge in [0.2, 0.25) is 0 Å². The normalized spacial score (nSPS) is 25.6. The third-order valence-electron chi connectivity index (χ3n) is 3.53. The highest BCUT2D eigenvalue weighted by molar-refractivity contribution is 5.40. The van der Waals surface area contributed by atoms with E-state index in [-0.39, 0.29) is 12.1 Å². The van der Waals surface area contributed by atoms with Crippen molar-refractivity contribution >= 4 is 5.82 Å². The lowest BCUT2D eigenvalue weighted by Gasteiger charge is -2.35. The Kier molecular flexibility index (Phi) is 3.43. The van der Waals surface area contributed by atoms with Gasteiger partial charge in [0.25, 0.3) is 0 Å². The number of aromatic nitrogens is 1. The van der Waals surface area contributed by atoms with Crippen LogP contribution in [-0.4, -0.2) is 37.6 Å². The third kappa shape index (κ3) is 2.33. The van der Waals surface area contributed by atoms with Crippen LogP contribution in [-0.2, 0) is 9.47 Å².